The molecule has 1 N–H and O–H groups in total. The summed E-state index contributed by atoms with van der Waals surface area (Å²) in [7, 11) is 1.92. The molecule has 1 unspecified atom stereocenters. The number of benzene rings is 1. The van der Waals surface area contributed by atoms with Crippen LogP contribution in [0.5, 0.6) is 0 Å². The van der Waals surface area contributed by atoms with Crippen LogP contribution in [-0.2, 0) is 17.8 Å². The highest BCUT2D eigenvalue weighted by molar-refractivity contribution is 5.85. The summed E-state index contributed by atoms with van der Waals surface area (Å²) in [6, 6.07) is 8.17. The van der Waals surface area contributed by atoms with Gasteiger partial charge in [-0.25, -0.2) is 0 Å². The lowest BCUT2D eigenvalue weighted by Gasteiger charge is -2.18. The second-order valence-corrected chi connectivity index (χ2v) is 7.25. The van der Waals surface area contributed by atoms with Gasteiger partial charge in [-0.1, -0.05) is 31.5 Å². The van der Waals surface area contributed by atoms with E-state index >= 15 is 0 Å². The van der Waals surface area contributed by atoms with Gasteiger partial charge in [-0.2, -0.15) is 0 Å². The zero-order chi connectivity index (χ0) is 17.6. The van der Waals surface area contributed by atoms with Gasteiger partial charge in [-0.05, 0) is 44.3 Å². The number of carbonyl (C=O) groups is 1. The van der Waals surface area contributed by atoms with Crippen LogP contribution in [0.15, 0.2) is 28.7 Å². The van der Waals surface area contributed by atoms with Gasteiger partial charge in [0.2, 0.25) is 5.91 Å². The number of fused-ring (bicyclic) bond motifs is 1. The molecular weight excluding hydrogens is 348 g/mol. The van der Waals surface area contributed by atoms with Gasteiger partial charge >= 0.3 is 0 Å². The van der Waals surface area contributed by atoms with E-state index in [0.29, 0.717) is 18.9 Å². The van der Waals surface area contributed by atoms with Crippen molar-refractivity contribution in [2.45, 2.75) is 52.0 Å². The van der Waals surface area contributed by atoms with Crippen molar-refractivity contribution in [1.82, 2.24) is 10.2 Å². The largest absolute Gasteiger partial charge is 0.461 e. The van der Waals surface area contributed by atoms with Gasteiger partial charge in [-0.3, -0.25) is 4.79 Å². The molecule has 5 heteroatoms. The van der Waals surface area contributed by atoms with E-state index in [1.54, 1.807) is 0 Å². The molecule has 144 valence electrons. The van der Waals surface area contributed by atoms with Crippen molar-refractivity contribution < 1.29 is 9.21 Å². The number of para-hydroxylation sites is 1. The number of unbranched alkanes of at least 4 members (excludes halogenated alkanes) is 1. The summed E-state index contributed by atoms with van der Waals surface area (Å²) in [5.41, 5.74) is 2.11. The van der Waals surface area contributed by atoms with E-state index in [4.69, 9.17) is 4.42 Å². The molecule has 1 amide bonds. The van der Waals surface area contributed by atoms with Crippen LogP contribution in [0.4, 0.5) is 0 Å². The van der Waals surface area contributed by atoms with Crippen LogP contribution in [0, 0.1) is 5.92 Å². The maximum absolute atomic E-state index is 12.6. The Labute approximate surface area is 162 Å². The molecule has 0 radical (unpaired) electrons. The summed E-state index contributed by atoms with van der Waals surface area (Å²) in [5.74, 6) is 1.94. The van der Waals surface area contributed by atoms with E-state index in [2.05, 4.69) is 18.3 Å². The van der Waals surface area contributed by atoms with Crippen LogP contribution in [0.25, 0.3) is 11.0 Å². The van der Waals surface area contributed by atoms with Crippen molar-refractivity contribution >= 4 is 29.3 Å². The lowest BCUT2D eigenvalue weighted by atomic mass is 10.0. The molecule has 2 heterocycles. The first-order chi connectivity index (χ1) is 12.2. The molecule has 1 aliphatic heterocycles. The number of aryl methyl sites for hydroxylation is 1. The van der Waals surface area contributed by atoms with Crippen molar-refractivity contribution in [3.05, 3.63) is 35.6 Å². The van der Waals surface area contributed by atoms with Crippen LogP contribution in [0.3, 0.4) is 0 Å². The Morgan fingerprint density at radius 1 is 1.35 bits per heavy atom. The summed E-state index contributed by atoms with van der Waals surface area (Å²) in [4.78, 5) is 14.4. The first kappa shape index (κ1) is 20.8. The van der Waals surface area contributed by atoms with Crippen molar-refractivity contribution in [3.63, 3.8) is 0 Å². The third kappa shape index (κ3) is 5.01. The monoisotopic (exact) mass is 378 g/mol. The fraction of sp³-hybridized carbons (Fsp3) is 0.571. The number of amides is 1. The van der Waals surface area contributed by atoms with E-state index in [-0.39, 0.29) is 18.3 Å². The second-order valence-electron chi connectivity index (χ2n) is 7.25. The first-order valence-corrected chi connectivity index (χ1v) is 9.63. The van der Waals surface area contributed by atoms with Crippen molar-refractivity contribution in [1.29, 1.82) is 0 Å². The highest BCUT2D eigenvalue weighted by Gasteiger charge is 2.20. The average Bonchev–Trinajstić information content (AvgIpc) is 3.26. The zero-order valence-corrected chi connectivity index (χ0v) is 16.7. The minimum Gasteiger partial charge on any atom is -0.461 e. The number of furan rings is 1. The number of carbonyl (C=O) groups excluding carboxylic acids is 1. The SMILES string of the molecule is CCCCc1oc2ccccc2c1CN(C)C(=O)CCC1CCNC1.Cl. The maximum Gasteiger partial charge on any atom is 0.222 e. The van der Waals surface area contributed by atoms with Gasteiger partial charge in [0.15, 0.2) is 0 Å². The molecule has 3 rings (SSSR count). The van der Waals surface area contributed by atoms with Gasteiger partial charge in [0.25, 0.3) is 0 Å². The minimum atomic E-state index is 0. The summed E-state index contributed by atoms with van der Waals surface area (Å²) in [6.07, 6.45) is 6.02. The molecule has 0 spiro atoms. The third-order valence-electron chi connectivity index (χ3n) is 5.29. The molecule has 1 aliphatic rings. The summed E-state index contributed by atoms with van der Waals surface area (Å²) >= 11 is 0. The van der Waals surface area contributed by atoms with E-state index in [9.17, 15) is 4.79 Å². The molecule has 2 aromatic rings. The second kappa shape index (κ2) is 9.98. The number of rotatable bonds is 8. The summed E-state index contributed by atoms with van der Waals surface area (Å²) < 4.78 is 6.08. The number of hydrogen-bond acceptors (Lipinski definition) is 3. The Balaban J connectivity index is 0.00000243. The number of hydrogen-bond donors (Lipinski definition) is 1. The maximum atomic E-state index is 12.6. The van der Waals surface area contributed by atoms with Crippen molar-refractivity contribution in [3.8, 4) is 0 Å². The van der Waals surface area contributed by atoms with E-state index in [1.165, 1.54) is 12.0 Å². The number of nitrogens with one attached hydrogen (secondary N) is 1. The van der Waals surface area contributed by atoms with Gasteiger partial charge < -0.3 is 14.6 Å². The Kier molecular flexibility index (Phi) is 7.98. The minimum absolute atomic E-state index is 0. The molecular formula is C21H31ClN2O2. The Bertz CT molecular complexity index is 707. The first-order valence-electron chi connectivity index (χ1n) is 9.63. The molecule has 1 aromatic heterocycles. The average molecular weight is 379 g/mol. The quantitative estimate of drug-likeness (QED) is 0.733. The fourth-order valence-corrected chi connectivity index (χ4v) is 3.67. The molecule has 26 heavy (non-hydrogen) atoms. The van der Waals surface area contributed by atoms with E-state index < -0.39 is 0 Å². The molecule has 1 saturated heterocycles. The van der Waals surface area contributed by atoms with Crippen LogP contribution in [-0.4, -0.2) is 30.9 Å². The predicted octanol–water partition coefficient (Wildman–Crippen LogP) is 4.55. The smallest absolute Gasteiger partial charge is 0.222 e. The lowest BCUT2D eigenvalue weighted by molar-refractivity contribution is -0.130. The van der Waals surface area contributed by atoms with Gasteiger partial charge in [0.05, 0.1) is 0 Å². The molecule has 1 fully saturated rings. The Morgan fingerprint density at radius 3 is 2.88 bits per heavy atom. The number of nitrogens with zero attached hydrogens (tertiary/aromatic N) is 1. The molecule has 1 aromatic carbocycles. The van der Waals surface area contributed by atoms with E-state index in [1.807, 2.05) is 30.1 Å². The number of halogens is 1. The molecule has 1 atom stereocenters. The van der Waals surface area contributed by atoms with E-state index in [0.717, 1.165) is 55.5 Å². The fourth-order valence-electron chi connectivity index (χ4n) is 3.67. The van der Waals surface area contributed by atoms with Crippen LogP contribution >= 0.6 is 12.4 Å². The lowest BCUT2D eigenvalue weighted by Crippen LogP contribution is -2.27. The van der Waals surface area contributed by atoms with Gasteiger partial charge in [-0.15, -0.1) is 12.4 Å². The Morgan fingerprint density at radius 2 is 2.15 bits per heavy atom. The van der Waals surface area contributed by atoms with Gasteiger partial charge in [0, 0.05) is 37.4 Å². The third-order valence-corrected chi connectivity index (χ3v) is 5.29. The molecule has 0 bridgehead atoms. The highest BCUT2D eigenvalue weighted by atomic mass is 35.5. The summed E-state index contributed by atoms with van der Waals surface area (Å²) in [6.45, 7) is 4.98. The van der Waals surface area contributed by atoms with Crippen molar-refractivity contribution in [2.75, 3.05) is 20.1 Å². The van der Waals surface area contributed by atoms with Crippen molar-refractivity contribution in [2.24, 2.45) is 5.92 Å². The standard InChI is InChI=1S/C21H30N2O2.ClH/c1-3-4-8-20-18(17-7-5-6-9-19(17)25-20)15-23(2)21(24)11-10-16-12-13-22-14-16;/h5-7,9,16,22H,3-4,8,10-15H2,1-2H3;1H. The predicted molar refractivity (Wildman–Crippen MR) is 109 cm³/mol. The highest BCUT2D eigenvalue weighted by Crippen LogP contribution is 2.28. The van der Waals surface area contributed by atoms with Crippen LogP contribution in [0.1, 0.15) is 50.4 Å². The topological polar surface area (TPSA) is 45.5 Å². The summed E-state index contributed by atoms with van der Waals surface area (Å²) in [5, 5.41) is 4.52. The van der Waals surface area contributed by atoms with Crippen LogP contribution < -0.4 is 5.32 Å². The van der Waals surface area contributed by atoms with Crippen LogP contribution in [0.2, 0.25) is 0 Å². The Hall–Kier alpha value is -1.52. The van der Waals surface area contributed by atoms with Gasteiger partial charge in [0.1, 0.15) is 11.3 Å². The molecule has 0 aliphatic carbocycles. The molecule has 4 nitrogen and oxygen atoms in total. The normalized spacial score (nSPS) is 16.6. The molecule has 0 saturated carbocycles. The zero-order valence-electron chi connectivity index (χ0n) is 15.9.